The summed E-state index contributed by atoms with van der Waals surface area (Å²) >= 11 is 3.54. The molecule has 1 aliphatic heterocycles. The van der Waals surface area contributed by atoms with Crippen LogP contribution in [0.3, 0.4) is 0 Å². The first kappa shape index (κ1) is 14.7. The molecular weight excluding hydrogens is 338 g/mol. The van der Waals surface area contributed by atoms with Gasteiger partial charge in [0.15, 0.2) is 11.5 Å². The molecule has 1 saturated carbocycles. The van der Waals surface area contributed by atoms with Crippen molar-refractivity contribution in [3.63, 3.8) is 0 Å². The van der Waals surface area contributed by atoms with E-state index < -0.39 is 5.97 Å². The number of carboxylic acids is 1. The highest BCUT2D eigenvalue weighted by atomic mass is 79.9. The predicted molar refractivity (Wildman–Crippen MR) is 80.8 cm³/mol. The first-order chi connectivity index (χ1) is 10.1. The van der Waals surface area contributed by atoms with Crippen molar-refractivity contribution in [3.05, 3.63) is 22.2 Å². The van der Waals surface area contributed by atoms with Gasteiger partial charge in [0.25, 0.3) is 0 Å². The van der Waals surface area contributed by atoms with E-state index >= 15 is 0 Å². The van der Waals surface area contributed by atoms with Crippen molar-refractivity contribution in [1.29, 1.82) is 0 Å². The summed E-state index contributed by atoms with van der Waals surface area (Å²) in [7, 11) is 0. The highest BCUT2D eigenvalue weighted by Gasteiger charge is 2.26. The lowest BCUT2D eigenvalue weighted by Gasteiger charge is -2.23. The van der Waals surface area contributed by atoms with Crippen LogP contribution in [0.4, 0.5) is 0 Å². The monoisotopic (exact) mass is 355 g/mol. The molecule has 0 amide bonds. The maximum Gasteiger partial charge on any atom is 0.317 e. The zero-order chi connectivity index (χ0) is 14.8. The Morgan fingerprint density at radius 3 is 2.57 bits per heavy atom. The molecule has 1 aromatic carbocycles. The van der Waals surface area contributed by atoms with Crippen molar-refractivity contribution in [2.24, 2.45) is 5.92 Å². The number of aliphatic carboxylic acids is 1. The lowest BCUT2D eigenvalue weighted by atomic mass is 10.1. The van der Waals surface area contributed by atoms with Crippen LogP contribution in [-0.2, 0) is 11.3 Å². The predicted octanol–water partition coefficient (Wildman–Crippen LogP) is 2.52. The van der Waals surface area contributed by atoms with Gasteiger partial charge in [-0.1, -0.05) is 15.9 Å². The number of fused-ring (bicyclic) bond motifs is 1. The number of hydrogen-bond donors (Lipinski definition) is 1. The van der Waals surface area contributed by atoms with Crippen LogP contribution in [0, 0.1) is 5.92 Å². The summed E-state index contributed by atoms with van der Waals surface area (Å²) in [5.41, 5.74) is 1.03. The third-order valence-corrected chi connectivity index (χ3v) is 4.42. The molecule has 0 saturated heterocycles. The minimum absolute atomic E-state index is 0.0668. The molecule has 0 bridgehead atoms. The molecule has 0 unspecified atom stereocenters. The van der Waals surface area contributed by atoms with Gasteiger partial charge in [-0.15, -0.1) is 0 Å². The summed E-state index contributed by atoms with van der Waals surface area (Å²) < 4.78 is 12.1. The van der Waals surface area contributed by atoms with Gasteiger partial charge in [0, 0.05) is 17.6 Å². The van der Waals surface area contributed by atoms with Gasteiger partial charge in [0.05, 0.1) is 6.54 Å². The van der Waals surface area contributed by atoms with Gasteiger partial charge in [0.1, 0.15) is 13.2 Å². The van der Waals surface area contributed by atoms with Gasteiger partial charge in [-0.25, -0.2) is 0 Å². The van der Waals surface area contributed by atoms with E-state index in [4.69, 9.17) is 14.6 Å². The van der Waals surface area contributed by atoms with Crippen molar-refractivity contribution >= 4 is 21.9 Å². The molecule has 3 rings (SSSR count). The molecule has 0 atom stereocenters. The molecule has 1 aromatic rings. The van der Waals surface area contributed by atoms with Crippen LogP contribution in [-0.4, -0.2) is 42.3 Å². The van der Waals surface area contributed by atoms with E-state index in [0.29, 0.717) is 25.7 Å². The number of nitrogens with zero attached hydrogens (tertiary/aromatic N) is 1. The zero-order valence-electron chi connectivity index (χ0n) is 11.7. The molecule has 1 fully saturated rings. The summed E-state index contributed by atoms with van der Waals surface area (Å²) in [6, 6.07) is 3.85. The molecule has 114 valence electrons. The van der Waals surface area contributed by atoms with Crippen molar-refractivity contribution in [3.8, 4) is 11.5 Å². The average molecular weight is 356 g/mol. The molecular formula is C15H18BrNO4. The fourth-order valence-corrected chi connectivity index (χ4v) is 2.96. The molecule has 1 aliphatic carbocycles. The standard InChI is InChI=1S/C15H18BrNO4/c16-12-6-14-13(20-3-4-21-14)5-11(12)8-17(9-15(18)19)7-10-1-2-10/h5-6,10H,1-4,7-9H2,(H,18,19). The van der Waals surface area contributed by atoms with Gasteiger partial charge in [-0.2, -0.15) is 0 Å². The Kier molecular flexibility index (Phi) is 4.35. The molecule has 0 radical (unpaired) electrons. The van der Waals surface area contributed by atoms with Gasteiger partial charge in [0.2, 0.25) is 0 Å². The SMILES string of the molecule is O=C(O)CN(Cc1cc2c(cc1Br)OCCO2)CC1CC1. The van der Waals surface area contributed by atoms with Crippen LogP contribution < -0.4 is 9.47 Å². The quantitative estimate of drug-likeness (QED) is 0.849. The molecule has 5 nitrogen and oxygen atoms in total. The minimum Gasteiger partial charge on any atom is -0.486 e. The Labute approximate surface area is 132 Å². The van der Waals surface area contributed by atoms with Crippen LogP contribution in [0.15, 0.2) is 16.6 Å². The molecule has 0 spiro atoms. The maximum atomic E-state index is 11.0. The Morgan fingerprint density at radius 1 is 1.29 bits per heavy atom. The average Bonchev–Trinajstić information content (AvgIpc) is 3.22. The lowest BCUT2D eigenvalue weighted by Crippen LogP contribution is -2.31. The number of ether oxygens (including phenoxy) is 2. The number of carboxylic acid groups (broad SMARTS) is 1. The third-order valence-electron chi connectivity index (χ3n) is 3.68. The van der Waals surface area contributed by atoms with Gasteiger partial charge in [-0.3, -0.25) is 9.69 Å². The highest BCUT2D eigenvalue weighted by molar-refractivity contribution is 9.10. The number of hydrogen-bond acceptors (Lipinski definition) is 4. The van der Waals surface area contributed by atoms with Crippen LogP contribution in [0.25, 0.3) is 0 Å². The molecule has 6 heteroatoms. The third kappa shape index (κ3) is 3.89. The number of benzene rings is 1. The van der Waals surface area contributed by atoms with E-state index in [0.717, 1.165) is 28.1 Å². The highest BCUT2D eigenvalue weighted by Crippen LogP contribution is 2.36. The van der Waals surface area contributed by atoms with Crippen LogP contribution in [0.2, 0.25) is 0 Å². The first-order valence-corrected chi connectivity index (χ1v) is 7.93. The normalized spacial score (nSPS) is 17.0. The van der Waals surface area contributed by atoms with Crippen molar-refractivity contribution in [2.75, 3.05) is 26.3 Å². The van der Waals surface area contributed by atoms with Crippen molar-refractivity contribution in [1.82, 2.24) is 4.90 Å². The summed E-state index contributed by atoms with van der Waals surface area (Å²) in [5, 5.41) is 9.06. The number of rotatable bonds is 6. The minimum atomic E-state index is -0.788. The number of carbonyl (C=O) groups is 1. The van der Waals surface area contributed by atoms with E-state index in [9.17, 15) is 4.79 Å². The second-order valence-electron chi connectivity index (χ2n) is 5.59. The Morgan fingerprint density at radius 2 is 1.95 bits per heavy atom. The number of halogens is 1. The maximum absolute atomic E-state index is 11.0. The van der Waals surface area contributed by atoms with Crippen LogP contribution in [0.1, 0.15) is 18.4 Å². The van der Waals surface area contributed by atoms with Crippen LogP contribution >= 0.6 is 15.9 Å². The van der Waals surface area contributed by atoms with Crippen molar-refractivity contribution < 1.29 is 19.4 Å². The van der Waals surface area contributed by atoms with Crippen LogP contribution in [0.5, 0.6) is 11.5 Å². The zero-order valence-corrected chi connectivity index (χ0v) is 13.3. The Bertz CT molecular complexity index is 545. The Balaban J connectivity index is 1.75. The van der Waals surface area contributed by atoms with Crippen molar-refractivity contribution in [2.45, 2.75) is 19.4 Å². The van der Waals surface area contributed by atoms with Gasteiger partial charge in [-0.05, 0) is 36.5 Å². The summed E-state index contributed by atoms with van der Waals surface area (Å²) in [5.74, 6) is 1.34. The van der Waals surface area contributed by atoms with E-state index in [1.165, 1.54) is 12.8 Å². The van der Waals surface area contributed by atoms with E-state index in [2.05, 4.69) is 15.9 Å². The smallest absolute Gasteiger partial charge is 0.317 e. The van der Waals surface area contributed by atoms with Gasteiger partial charge >= 0.3 is 5.97 Å². The molecule has 1 N–H and O–H groups in total. The first-order valence-electron chi connectivity index (χ1n) is 7.14. The molecule has 21 heavy (non-hydrogen) atoms. The van der Waals surface area contributed by atoms with E-state index in [1.807, 2.05) is 17.0 Å². The van der Waals surface area contributed by atoms with E-state index in [1.54, 1.807) is 0 Å². The summed E-state index contributed by atoms with van der Waals surface area (Å²) in [6.07, 6.45) is 2.41. The summed E-state index contributed by atoms with van der Waals surface area (Å²) in [4.78, 5) is 13.0. The fraction of sp³-hybridized carbons (Fsp3) is 0.533. The lowest BCUT2D eigenvalue weighted by molar-refractivity contribution is -0.138. The fourth-order valence-electron chi connectivity index (χ4n) is 2.51. The molecule has 2 aliphatic rings. The second-order valence-corrected chi connectivity index (χ2v) is 6.45. The molecule has 1 heterocycles. The Hall–Kier alpha value is -1.27. The topological polar surface area (TPSA) is 59.0 Å². The molecule has 0 aromatic heterocycles. The van der Waals surface area contributed by atoms with E-state index in [-0.39, 0.29) is 6.54 Å². The second kappa shape index (κ2) is 6.23. The van der Waals surface area contributed by atoms with Gasteiger partial charge < -0.3 is 14.6 Å². The largest absolute Gasteiger partial charge is 0.486 e. The summed E-state index contributed by atoms with van der Waals surface area (Å²) in [6.45, 7) is 2.62.